The molecule has 0 aliphatic carbocycles. The second kappa shape index (κ2) is 7.19. The average molecular weight is 224 g/mol. The summed E-state index contributed by atoms with van der Waals surface area (Å²) in [5.41, 5.74) is 1.16. The molecule has 0 amide bonds. The van der Waals surface area contributed by atoms with Gasteiger partial charge in [-0.2, -0.15) is 0 Å². The van der Waals surface area contributed by atoms with E-state index >= 15 is 0 Å². The van der Waals surface area contributed by atoms with Gasteiger partial charge in [0.25, 0.3) is 0 Å². The predicted octanol–water partition coefficient (Wildman–Crippen LogP) is 1.46. The van der Waals surface area contributed by atoms with Gasteiger partial charge in [0.15, 0.2) is 0 Å². The summed E-state index contributed by atoms with van der Waals surface area (Å²) < 4.78 is 10.1. The molecule has 0 saturated carbocycles. The second-order valence-corrected chi connectivity index (χ2v) is 3.90. The molecule has 1 N–H and O–H groups in total. The molecule has 0 bridgehead atoms. The van der Waals surface area contributed by atoms with E-state index in [-0.39, 0.29) is 0 Å². The lowest BCUT2D eigenvalue weighted by Crippen LogP contribution is -2.23. The maximum atomic E-state index is 5.07. The molecule has 0 spiro atoms. The topological polar surface area (TPSA) is 43.4 Å². The van der Waals surface area contributed by atoms with E-state index in [1.165, 1.54) is 0 Å². The molecule has 1 atom stereocenters. The molecule has 1 unspecified atom stereocenters. The first-order chi connectivity index (χ1) is 7.76. The number of methoxy groups -OCH3 is 2. The van der Waals surface area contributed by atoms with Crippen molar-refractivity contribution in [2.24, 2.45) is 5.92 Å². The van der Waals surface area contributed by atoms with Crippen molar-refractivity contribution in [1.29, 1.82) is 0 Å². The van der Waals surface area contributed by atoms with E-state index in [4.69, 9.17) is 9.47 Å². The Hall–Kier alpha value is -1.13. The summed E-state index contributed by atoms with van der Waals surface area (Å²) >= 11 is 0. The Morgan fingerprint density at radius 1 is 1.38 bits per heavy atom. The number of nitrogens with zero attached hydrogens (tertiary/aromatic N) is 1. The van der Waals surface area contributed by atoms with Crippen molar-refractivity contribution in [3.63, 3.8) is 0 Å². The van der Waals surface area contributed by atoms with Gasteiger partial charge in [0.05, 0.1) is 7.11 Å². The van der Waals surface area contributed by atoms with E-state index < -0.39 is 0 Å². The highest BCUT2D eigenvalue weighted by molar-refractivity contribution is 5.17. The molecule has 0 saturated heterocycles. The van der Waals surface area contributed by atoms with Crippen LogP contribution in [0.25, 0.3) is 0 Å². The van der Waals surface area contributed by atoms with Crippen molar-refractivity contribution < 1.29 is 9.47 Å². The van der Waals surface area contributed by atoms with Gasteiger partial charge in [-0.3, -0.25) is 0 Å². The molecule has 4 heteroatoms. The van der Waals surface area contributed by atoms with Crippen molar-refractivity contribution in [3.8, 4) is 5.88 Å². The molecule has 4 nitrogen and oxygen atoms in total. The first-order valence-corrected chi connectivity index (χ1v) is 5.44. The van der Waals surface area contributed by atoms with Crippen LogP contribution in [-0.2, 0) is 11.3 Å². The molecule has 1 aromatic rings. The maximum Gasteiger partial charge on any atom is 0.212 e. The minimum absolute atomic E-state index is 0.524. The van der Waals surface area contributed by atoms with Crippen LogP contribution in [-0.4, -0.2) is 32.4 Å². The summed E-state index contributed by atoms with van der Waals surface area (Å²) in [7, 11) is 3.34. The van der Waals surface area contributed by atoms with E-state index in [1.54, 1.807) is 14.2 Å². The molecule has 90 valence electrons. The molecule has 0 radical (unpaired) electrons. The highest BCUT2D eigenvalue weighted by atomic mass is 16.5. The van der Waals surface area contributed by atoms with Crippen LogP contribution in [0, 0.1) is 5.92 Å². The van der Waals surface area contributed by atoms with Crippen molar-refractivity contribution in [3.05, 3.63) is 23.9 Å². The van der Waals surface area contributed by atoms with Gasteiger partial charge in [-0.25, -0.2) is 4.98 Å². The summed E-state index contributed by atoms with van der Waals surface area (Å²) in [5.74, 6) is 1.17. The average Bonchev–Trinajstić information content (AvgIpc) is 2.30. The summed E-state index contributed by atoms with van der Waals surface area (Å²) in [6.07, 6.45) is 1.83. The van der Waals surface area contributed by atoms with E-state index in [1.807, 2.05) is 18.3 Å². The molecule has 0 fully saturated rings. The van der Waals surface area contributed by atoms with Gasteiger partial charge in [0, 0.05) is 39.1 Å². The molecule has 1 aromatic heterocycles. The quantitative estimate of drug-likeness (QED) is 0.761. The summed E-state index contributed by atoms with van der Waals surface area (Å²) in [4.78, 5) is 4.14. The van der Waals surface area contributed by atoms with Crippen LogP contribution in [0.15, 0.2) is 18.3 Å². The summed E-state index contributed by atoms with van der Waals surface area (Å²) in [6.45, 7) is 4.71. The van der Waals surface area contributed by atoms with Gasteiger partial charge in [-0.05, 0) is 11.5 Å². The zero-order chi connectivity index (χ0) is 11.8. The molecule has 16 heavy (non-hydrogen) atoms. The highest BCUT2D eigenvalue weighted by Crippen LogP contribution is 2.06. The molecule has 0 aliphatic rings. The van der Waals surface area contributed by atoms with Crippen LogP contribution in [0.5, 0.6) is 5.88 Å². The Balaban J connectivity index is 2.26. The molecule has 1 rings (SSSR count). The minimum atomic E-state index is 0.524. The number of nitrogens with one attached hydrogen (secondary N) is 1. The standard InChI is InChI=1S/C12H20N2O2/c1-10(9-15-2)6-13-7-11-4-5-12(16-3)14-8-11/h4-5,8,10,13H,6-7,9H2,1-3H3. The number of pyridine rings is 1. The van der Waals surface area contributed by atoms with Gasteiger partial charge < -0.3 is 14.8 Å². The summed E-state index contributed by atoms with van der Waals surface area (Å²) in [5, 5.41) is 3.36. The Kier molecular flexibility index (Phi) is 5.82. The summed E-state index contributed by atoms with van der Waals surface area (Å²) in [6, 6.07) is 3.88. The minimum Gasteiger partial charge on any atom is -0.481 e. The van der Waals surface area contributed by atoms with Gasteiger partial charge in [-0.15, -0.1) is 0 Å². The van der Waals surface area contributed by atoms with Gasteiger partial charge in [0.2, 0.25) is 5.88 Å². The van der Waals surface area contributed by atoms with E-state index in [0.29, 0.717) is 11.8 Å². The fourth-order valence-corrected chi connectivity index (χ4v) is 1.44. The third-order valence-electron chi connectivity index (χ3n) is 2.28. The van der Waals surface area contributed by atoms with E-state index in [0.717, 1.165) is 25.3 Å². The number of aromatic nitrogens is 1. The molecule has 1 heterocycles. The SMILES string of the molecule is COCC(C)CNCc1ccc(OC)nc1. The van der Waals surface area contributed by atoms with E-state index in [2.05, 4.69) is 17.2 Å². The fourth-order valence-electron chi connectivity index (χ4n) is 1.44. The fraction of sp³-hybridized carbons (Fsp3) is 0.583. The van der Waals surface area contributed by atoms with Crippen molar-refractivity contribution >= 4 is 0 Å². The Morgan fingerprint density at radius 3 is 2.75 bits per heavy atom. The lowest BCUT2D eigenvalue weighted by Gasteiger charge is -2.11. The third-order valence-corrected chi connectivity index (χ3v) is 2.28. The van der Waals surface area contributed by atoms with Gasteiger partial charge in [-0.1, -0.05) is 13.0 Å². The Bertz CT molecular complexity index is 288. The lowest BCUT2D eigenvalue weighted by atomic mass is 10.2. The Labute approximate surface area is 97.0 Å². The van der Waals surface area contributed by atoms with Crippen LogP contribution < -0.4 is 10.1 Å². The smallest absolute Gasteiger partial charge is 0.212 e. The van der Waals surface area contributed by atoms with Crippen LogP contribution in [0.4, 0.5) is 0 Å². The zero-order valence-electron chi connectivity index (χ0n) is 10.2. The molecule has 0 aromatic carbocycles. The normalized spacial score (nSPS) is 12.4. The number of ether oxygens (including phenoxy) is 2. The number of hydrogen-bond donors (Lipinski definition) is 1. The van der Waals surface area contributed by atoms with Gasteiger partial charge >= 0.3 is 0 Å². The first-order valence-electron chi connectivity index (χ1n) is 5.44. The second-order valence-electron chi connectivity index (χ2n) is 3.90. The largest absolute Gasteiger partial charge is 0.481 e. The molecular weight excluding hydrogens is 204 g/mol. The van der Waals surface area contributed by atoms with E-state index in [9.17, 15) is 0 Å². The van der Waals surface area contributed by atoms with Crippen LogP contribution >= 0.6 is 0 Å². The van der Waals surface area contributed by atoms with Crippen LogP contribution in [0.2, 0.25) is 0 Å². The maximum absolute atomic E-state index is 5.07. The van der Waals surface area contributed by atoms with Crippen molar-refractivity contribution in [2.45, 2.75) is 13.5 Å². The Morgan fingerprint density at radius 2 is 2.19 bits per heavy atom. The zero-order valence-corrected chi connectivity index (χ0v) is 10.2. The van der Waals surface area contributed by atoms with Crippen LogP contribution in [0.1, 0.15) is 12.5 Å². The van der Waals surface area contributed by atoms with Crippen molar-refractivity contribution in [1.82, 2.24) is 10.3 Å². The molecular formula is C12H20N2O2. The van der Waals surface area contributed by atoms with Crippen molar-refractivity contribution in [2.75, 3.05) is 27.4 Å². The number of hydrogen-bond acceptors (Lipinski definition) is 4. The predicted molar refractivity (Wildman–Crippen MR) is 63.5 cm³/mol. The lowest BCUT2D eigenvalue weighted by molar-refractivity contribution is 0.158. The number of rotatable bonds is 7. The third kappa shape index (κ3) is 4.59. The van der Waals surface area contributed by atoms with Gasteiger partial charge in [0.1, 0.15) is 0 Å². The monoisotopic (exact) mass is 224 g/mol. The first kappa shape index (κ1) is 12.9. The molecule has 0 aliphatic heterocycles. The van der Waals surface area contributed by atoms with Crippen LogP contribution in [0.3, 0.4) is 0 Å². The highest BCUT2D eigenvalue weighted by Gasteiger charge is 2.01.